The first kappa shape index (κ1) is 10.8. The van der Waals surface area contributed by atoms with E-state index in [4.69, 9.17) is 5.11 Å². The fourth-order valence-electron chi connectivity index (χ4n) is 1.61. The summed E-state index contributed by atoms with van der Waals surface area (Å²) in [5.41, 5.74) is 0.912. The van der Waals surface area contributed by atoms with E-state index in [-0.39, 0.29) is 18.4 Å². The molecule has 0 aliphatic carbocycles. The van der Waals surface area contributed by atoms with Gasteiger partial charge < -0.3 is 10.0 Å². The Morgan fingerprint density at radius 1 is 1.62 bits per heavy atom. The molecule has 1 aromatic rings. The number of hydrogen-bond donors (Lipinski definition) is 1. The molecule has 16 heavy (non-hydrogen) atoms. The predicted molar refractivity (Wildman–Crippen MR) is 60.4 cm³/mol. The van der Waals surface area contributed by atoms with Gasteiger partial charge >= 0.3 is 0 Å². The summed E-state index contributed by atoms with van der Waals surface area (Å²) in [5, 5.41) is 8.83. The van der Waals surface area contributed by atoms with E-state index in [1.807, 2.05) is 12.1 Å². The van der Waals surface area contributed by atoms with Crippen molar-refractivity contribution in [2.75, 3.05) is 19.7 Å². The lowest BCUT2D eigenvalue weighted by Crippen LogP contribution is -2.50. The van der Waals surface area contributed by atoms with Gasteiger partial charge in [0.05, 0.1) is 0 Å². The van der Waals surface area contributed by atoms with Crippen molar-refractivity contribution in [2.24, 2.45) is 5.92 Å². The van der Waals surface area contributed by atoms with Crippen molar-refractivity contribution < 1.29 is 9.90 Å². The molecule has 1 aromatic heterocycles. The molecule has 1 aliphatic heterocycles. The number of aliphatic hydroxyl groups is 1. The summed E-state index contributed by atoms with van der Waals surface area (Å²) >= 11 is 0. The maximum Gasteiger partial charge on any atom is 0.246 e. The average Bonchev–Trinajstić information content (AvgIpc) is 2.26. The Morgan fingerprint density at radius 3 is 3.06 bits per heavy atom. The second-order valence-corrected chi connectivity index (χ2v) is 3.91. The Bertz CT molecular complexity index is 383. The van der Waals surface area contributed by atoms with E-state index >= 15 is 0 Å². The van der Waals surface area contributed by atoms with Crippen molar-refractivity contribution in [3.05, 3.63) is 36.2 Å². The van der Waals surface area contributed by atoms with Crippen LogP contribution >= 0.6 is 0 Å². The van der Waals surface area contributed by atoms with Crippen molar-refractivity contribution in [3.63, 3.8) is 0 Å². The van der Waals surface area contributed by atoms with E-state index < -0.39 is 0 Å². The molecule has 0 radical (unpaired) electrons. The molecule has 84 valence electrons. The monoisotopic (exact) mass is 218 g/mol. The van der Waals surface area contributed by atoms with E-state index in [9.17, 15) is 4.79 Å². The third kappa shape index (κ3) is 2.46. The van der Waals surface area contributed by atoms with Crippen LogP contribution in [0.1, 0.15) is 5.56 Å². The number of pyridine rings is 1. The van der Waals surface area contributed by atoms with Crippen molar-refractivity contribution in [3.8, 4) is 0 Å². The third-order valence-electron chi connectivity index (χ3n) is 2.63. The Balaban J connectivity index is 1.86. The molecule has 0 unspecified atom stereocenters. The van der Waals surface area contributed by atoms with Crippen LogP contribution in [-0.2, 0) is 4.79 Å². The SMILES string of the molecule is O=C(C=Cc1cccnc1)N1CC(CO)C1. The highest BCUT2D eigenvalue weighted by atomic mass is 16.3. The topological polar surface area (TPSA) is 53.4 Å². The predicted octanol–water partition coefficient (Wildman–Crippen LogP) is 0.545. The summed E-state index contributed by atoms with van der Waals surface area (Å²) in [4.78, 5) is 17.3. The smallest absolute Gasteiger partial charge is 0.246 e. The number of rotatable bonds is 3. The Hall–Kier alpha value is -1.68. The third-order valence-corrected chi connectivity index (χ3v) is 2.63. The first-order valence-corrected chi connectivity index (χ1v) is 5.27. The largest absolute Gasteiger partial charge is 0.396 e. The lowest BCUT2D eigenvalue weighted by Gasteiger charge is -2.37. The van der Waals surface area contributed by atoms with Gasteiger partial charge in [-0.25, -0.2) is 0 Å². The van der Waals surface area contributed by atoms with Crippen LogP contribution in [0.4, 0.5) is 0 Å². The molecular formula is C12H14N2O2. The zero-order valence-corrected chi connectivity index (χ0v) is 8.91. The normalized spacial score (nSPS) is 16.4. The molecule has 2 heterocycles. The fraction of sp³-hybridized carbons (Fsp3) is 0.333. The van der Waals surface area contributed by atoms with E-state index in [0.29, 0.717) is 13.1 Å². The zero-order chi connectivity index (χ0) is 11.4. The van der Waals surface area contributed by atoms with Gasteiger partial charge in [-0.15, -0.1) is 0 Å². The number of aliphatic hydroxyl groups excluding tert-OH is 1. The molecule has 0 spiro atoms. The quantitative estimate of drug-likeness (QED) is 0.754. The molecule has 0 atom stereocenters. The molecule has 0 saturated carbocycles. The van der Waals surface area contributed by atoms with Gasteiger partial charge in [-0.2, -0.15) is 0 Å². The summed E-state index contributed by atoms with van der Waals surface area (Å²) in [6.07, 6.45) is 6.70. The number of aromatic nitrogens is 1. The number of hydrogen-bond acceptors (Lipinski definition) is 3. The summed E-state index contributed by atoms with van der Waals surface area (Å²) < 4.78 is 0. The van der Waals surface area contributed by atoms with E-state index in [2.05, 4.69) is 4.98 Å². The van der Waals surface area contributed by atoms with Gasteiger partial charge in [-0.3, -0.25) is 9.78 Å². The molecular weight excluding hydrogens is 204 g/mol. The van der Waals surface area contributed by atoms with Crippen molar-refractivity contribution in [1.29, 1.82) is 0 Å². The number of nitrogens with zero attached hydrogens (tertiary/aromatic N) is 2. The molecule has 1 fully saturated rings. The molecule has 1 amide bonds. The zero-order valence-electron chi connectivity index (χ0n) is 8.91. The Morgan fingerprint density at radius 2 is 2.44 bits per heavy atom. The molecule has 0 bridgehead atoms. The number of carbonyl (C=O) groups is 1. The van der Waals surface area contributed by atoms with E-state index in [1.165, 1.54) is 0 Å². The molecule has 2 rings (SSSR count). The van der Waals surface area contributed by atoms with Crippen LogP contribution in [-0.4, -0.2) is 40.6 Å². The van der Waals surface area contributed by atoms with E-state index in [1.54, 1.807) is 29.4 Å². The lowest BCUT2D eigenvalue weighted by molar-refractivity contribution is -0.132. The highest BCUT2D eigenvalue weighted by molar-refractivity contribution is 5.92. The highest BCUT2D eigenvalue weighted by Crippen LogP contribution is 2.15. The molecule has 1 aliphatic rings. The minimum absolute atomic E-state index is 0.00597. The highest BCUT2D eigenvalue weighted by Gasteiger charge is 2.28. The number of likely N-dealkylation sites (tertiary alicyclic amines) is 1. The van der Waals surface area contributed by atoms with Gasteiger partial charge in [-0.05, 0) is 17.7 Å². The maximum absolute atomic E-state index is 11.6. The van der Waals surface area contributed by atoms with Crippen LogP contribution in [0, 0.1) is 5.92 Å². The van der Waals surface area contributed by atoms with Gasteiger partial charge in [0.15, 0.2) is 0 Å². The minimum atomic E-state index is -0.00597. The number of amides is 1. The van der Waals surface area contributed by atoms with Crippen molar-refractivity contribution in [2.45, 2.75) is 0 Å². The van der Waals surface area contributed by atoms with E-state index in [0.717, 1.165) is 5.56 Å². The molecule has 4 heteroatoms. The minimum Gasteiger partial charge on any atom is -0.396 e. The molecule has 1 N–H and O–H groups in total. The maximum atomic E-state index is 11.6. The summed E-state index contributed by atoms with van der Waals surface area (Å²) in [6.45, 7) is 1.48. The van der Waals surface area contributed by atoms with Crippen LogP contribution in [0.2, 0.25) is 0 Å². The van der Waals surface area contributed by atoms with Gasteiger partial charge in [0.25, 0.3) is 0 Å². The first-order chi connectivity index (χ1) is 7.79. The number of carbonyl (C=O) groups excluding carboxylic acids is 1. The van der Waals surface area contributed by atoms with Gasteiger partial charge in [0, 0.05) is 44.1 Å². The van der Waals surface area contributed by atoms with Crippen LogP contribution < -0.4 is 0 Å². The average molecular weight is 218 g/mol. The van der Waals surface area contributed by atoms with Crippen molar-refractivity contribution in [1.82, 2.24) is 9.88 Å². The summed E-state index contributed by atoms with van der Waals surface area (Å²) in [6, 6.07) is 3.72. The van der Waals surface area contributed by atoms with Crippen LogP contribution in [0.3, 0.4) is 0 Å². The van der Waals surface area contributed by atoms with Crippen molar-refractivity contribution >= 4 is 12.0 Å². The van der Waals surface area contributed by atoms with Gasteiger partial charge in [0.2, 0.25) is 5.91 Å². The molecule has 4 nitrogen and oxygen atoms in total. The Kier molecular flexibility index (Phi) is 3.31. The molecule has 0 aromatic carbocycles. The van der Waals surface area contributed by atoms with Crippen LogP contribution in [0.15, 0.2) is 30.6 Å². The van der Waals surface area contributed by atoms with Crippen LogP contribution in [0.25, 0.3) is 6.08 Å². The first-order valence-electron chi connectivity index (χ1n) is 5.27. The second kappa shape index (κ2) is 4.90. The fourth-order valence-corrected chi connectivity index (χ4v) is 1.61. The van der Waals surface area contributed by atoms with Crippen LogP contribution in [0.5, 0.6) is 0 Å². The lowest BCUT2D eigenvalue weighted by atomic mass is 10.0. The summed E-state index contributed by atoms with van der Waals surface area (Å²) in [7, 11) is 0. The van der Waals surface area contributed by atoms with Gasteiger partial charge in [0.1, 0.15) is 0 Å². The molecule has 1 saturated heterocycles. The van der Waals surface area contributed by atoms with Gasteiger partial charge in [-0.1, -0.05) is 6.07 Å². The Labute approximate surface area is 94.2 Å². The second-order valence-electron chi connectivity index (χ2n) is 3.91. The summed E-state index contributed by atoms with van der Waals surface area (Å²) in [5.74, 6) is 0.254. The standard InChI is InChI=1S/C12H14N2O2/c15-9-11-7-14(8-11)12(16)4-3-10-2-1-5-13-6-10/h1-6,11,15H,7-9H2.